The van der Waals surface area contributed by atoms with Gasteiger partial charge in [-0.2, -0.15) is 4.31 Å². The zero-order valence-corrected chi connectivity index (χ0v) is 11.8. The summed E-state index contributed by atoms with van der Waals surface area (Å²) in [4.78, 5) is 11.4. The van der Waals surface area contributed by atoms with Gasteiger partial charge in [-0.15, -0.1) is 0 Å². The van der Waals surface area contributed by atoms with Gasteiger partial charge < -0.3 is 5.11 Å². The first-order chi connectivity index (χ1) is 9.01. The van der Waals surface area contributed by atoms with E-state index in [0.717, 1.165) is 38.5 Å². The van der Waals surface area contributed by atoms with Crippen molar-refractivity contribution in [3.8, 4) is 0 Å². The van der Waals surface area contributed by atoms with E-state index >= 15 is 0 Å². The lowest BCUT2D eigenvalue weighted by Gasteiger charge is -2.35. The lowest BCUT2D eigenvalue weighted by Crippen LogP contribution is -2.52. The lowest BCUT2D eigenvalue weighted by molar-refractivity contribution is -0.142. The van der Waals surface area contributed by atoms with E-state index in [-0.39, 0.29) is 17.2 Å². The van der Waals surface area contributed by atoms with Crippen molar-refractivity contribution in [2.75, 3.05) is 0 Å². The van der Waals surface area contributed by atoms with Crippen LogP contribution in [0.3, 0.4) is 0 Å². The van der Waals surface area contributed by atoms with Gasteiger partial charge >= 0.3 is 5.97 Å². The van der Waals surface area contributed by atoms with Crippen LogP contribution in [0.1, 0.15) is 51.4 Å². The normalized spacial score (nSPS) is 36.7. The number of rotatable bonds is 3. The van der Waals surface area contributed by atoms with E-state index in [2.05, 4.69) is 0 Å². The van der Waals surface area contributed by atoms with Crippen LogP contribution >= 0.6 is 0 Å². The number of nitrogens with zero attached hydrogens (tertiary/aromatic N) is 1. The number of hydrogen-bond donors (Lipinski definition) is 1. The molecule has 1 aliphatic heterocycles. The molecular formula is C13H21NO4S. The highest BCUT2D eigenvalue weighted by atomic mass is 32.2. The molecule has 0 aromatic carbocycles. The minimum atomic E-state index is -3.43. The Morgan fingerprint density at radius 1 is 1.05 bits per heavy atom. The molecule has 3 fully saturated rings. The van der Waals surface area contributed by atoms with Gasteiger partial charge in [0.05, 0.1) is 5.25 Å². The molecule has 0 amide bonds. The molecule has 2 bridgehead atoms. The van der Waals surface area contributed by atoms with Crippen LogP contribution in [0, 0.1) is 5.92 Å². The summed E-state index contributed by atoms with van der Waals surface area (Å²) in [5, 5.41) is 9.02. The largest absolute Gasteiger partial charge is 0.480 e. The van der Waals surface area contributed by atoms with E-state index in [1.165, 1.54) is 4.31 Å². The van der Waals surface area contributed by atoms with Crippen LogP contribution in [0.25, 0.3) is 0 Å². The fraction of sp³-hybridized carbons (Fsp3) is 0.923. The van der Waals surface area contributed by atoms with Crippen LogP contribution in [0.5, 0.6) is 0 Å². The molecule has 0 unspecified atom stereocenters. The first-order valence-corrected chi connectivity index (χ1v) is 8.77. The number of hydrogen-bond acceptors (Lipinski definition) is 3. The molecule has 3 atom stereocenters. The molecule has 0 aromatic heterocycles. The molecule has 3 aliphatic rings. The number of aliphatic carboxylic acids is 1. The Hall–Kier alpha value is -0.620. The van der Waals surface area contributed by atoms with Gasteiger partial charge in [-0.25, -0.2) is 8.42 Å². The van der Waals surface area contributed by atoms with Crippen molar-refractivity contribution >= 4 is 16.0 Å². The number of fused-ring (bicyclic) bond motifs is 2. The van der Waals surface area contributed by atoms with E-state index in [1.807, 2.05) is 0 Å². The van der Waals surface area contributed by atoms with Gasteiger partial charge in [-0.3, -0.25) is 4.79 Å². The summed E-state index contributed by atoms with van der Waals surface area (Å²) in [5.74, 6) is -0.938. The minimum Gasteiger partial charge on any atom is -0.480 e. The Morgan fingerprint density at radius 3 is 2.37 bits per heavy atom. The summed E-state index contributed by atoms with van der Waals surface area (Å²) in [5.41, 5.74) is 0. The highest BCUT2D eigenvalue weighted by molar-refractivity contribution is 7.89. The van der Waals surface area contributed by atoms with Crippen molar-refractivity contribution in [2.24, 2.45) is 5.92 Å². The van der Waals surface area contributed by atoms with Crippen LogP contribution in [-0.2, 0) is 14.8 Å². The van der Waals surface area contributed by atoms with E-state index in [4.69, 9.17) is 0 Å². The monoisotopic (exact) mass is 287 g/mol. The second-order valence-electron chi connectivity index (χ2n) is 6.14. The Balaban J connectivity index is 1.88. The average Bonchev–Trinajstić information content (AvgIpc) is 3.00. The van der Waals surface area contributed by atoms with Crippen molar-refractivity contribution in [1.29, 1.82) is 0 Å². The van der Waals surface area contributed by atoms with Crippen molar-refractivity contribution in [3.63, 3.8) is 0 Å². The number of sulfonamides is 1. The molecule has 0 aromatic rings. The van der Waals surface area contributed by atoms with Gasteiger partial charge in [0.1, 0.15) is 6.04 Å². The highest BCUT2D eigenvalue weighted by Gasteiger charge is 2.55. The minimum absolute atomic E-state index is 0.0286. The van der Waals surface area contributed by atoms with Crippen LogP contribution in [0.2, 0.25) is 0 Å². The van der Waals surface area contributed by atoms with Gasteiger partial charge in [0.15, 0.2) is 0 Å². The van der Waals surface area contributed by atoms with Gasteiger partial charge in [0, 0.05) is 6.04 Å². The molecule has 19 heavy (non-hydrogen) atoms. The Morgan fingerprint density at radius 2 is 1.74 bits per heavy atom. The van der Waals surface area contributed by atoms with Crippen molar-refractivity contribution in [2.45, 2.75) is 68.7 Å². The molecule has 108 valence electrons. The summed E-state index contributed by atoms with van der Waals surface area (Å²) >= 11 is 0. The third kappa shape index (κ3) is 2.09. The van der Waals surface area contributed by atoms with Crippen LogP contribution in [0.4, 0.5) is 0 Å². The second kappa shape index (κ2) is 4.74. The molecule has 3 rings (SSSR count). The maximum absolute atomic E-state index is 12.8. The topological polar surface area (TPSA) is 74.7 Å². The fourth-order valence-corrected chi connectivity index (χ4v) is 6.62. The molecule has 2 aliphatic carbocycles. The smallest absolute Gasteiger partial charge is 0.322 e. The summed E-state index contributed by atoms with van der Waals surface area (Å²) < 4.78 is 26.9. The predicted octanol–water partition coefficient (Wildman–Crippen LogP) is 1.59. The molecule has 0 spiro atoms. The molecule has 1 N–H and O–H groups in total. The summed E-state index contributed by atoms with van der Waals surface area (Å²) in [7, 11) is -3.43. The molecule has 2 saturated carbocycles. The van der Waals surface area contributed by atoms with Gasteiger partial charge in [0.2, 0.25) is 10.0 Å². The SMILES string of the molecule is O=C(O)[C@@H]1[C@H]2CC[C@H](C2)N1S(=O)(=O)C1CCCCC1. The predicted molar refractivity (Wildman–Crippen MR) is 70.2 cm³/mol. The van der Waals surface area contributed by atoms with E-state index < -0.39 is 22.0 Å². The average molecular weight is 287 g/mol. The summed E-state index contributed by atoms with van der Waals surface area (Å²) in [6, 6.07) is -0.858. The first kappa shape index (κ1) is 13.4. The number of carbonyl (C=O) groups is 1. The molecular weight excluding hydrogens is 266 g/mol. The maximum atomic E-state index is 12.8. The summed E-state index contributed by atoms with van der Waals surface area (Å²) in [6.07, 6.45) is 6.82. The number of carboxylic acids is 1. The third-order valence-electron chi connectivity index (χ3n) is 5.05. The van der Waals surface area contributed by atoms with Crippen LogP contribution < -0.4 is 0 Å². The zero-order valence-electron chi connectivity index (χ0n) is 11.0. The Bertz CT molecular complexity index is 469. The molecule has 1 saturated heterocycles. The number of piperidine rings is 1. The van der Waals surface area contributed by atoms with Crippen molar-refractivity contribution in [3.05, 3.63) is 0 Å². The van der Waals surface area contributed by atoms with Crippen molar-refractivity contribution < 1.29 is 18.3 Å². The Kier molecular flexibility index (Phi) is 3.33. The van der Waals surface area contributed by atoms with Gasteiger partial charge in [0.25, 0.3) is 0 Å². The Labute approximate surface area is 114 Å². The quantitative estimate of drug-likeness (QED) is 0.855. The van der Waals surface area contributed by atoms with E-state index in [9.17, 15) is 18.3 Å². The highest BCUT2D eigenvalue weighted by Crippen LogP contribution is 2.45. The fourth-order valence-electron chi connectivity index (χ4n) is 4.16. The van der Waals surface area contributed by atoms with Crippen molar-refractivity contribution in [1.82, 2.24) is 4.31 Å². The summed E-state index contributed by atoms with van der Waals surface area (Å²) in [6.45, 7) is 0. The van der Waals surface area contributed by atoms with Gasteiger partial charge in [-0.1, -0.05) is 19.3 Å². The van der Waals surface area contributed by atoms with E-state index in [1.54, 1.807) is 0 Å². The molecule has 6 heteroatoms. The van der Waals surface area contributed by atoms with E-state index in [0.29, 0.717) is 12.8 Å². The second-order valence-corrected chi connectivity index (χ2v) is 8.26. The van der Waals surface area contributed by atoms with Crippen LogP contribution in [-0.4, -0.2) is 41.1 Å². The molecule has 5 nitrogen and oxygen atoms in total. The molecule has 1 heterocycles. The first-order valence-electron chi connectivity index (χ1n) is 7.27. The maximum Gasteiger partial charge on any atom is 0.322 e. The van der Waals surface area contributed by atoms with Crippen LogP contribution in [0.15, 0.2) is 0 Å². The zero-order chi connectivity index (χ0) is 13.6. The third-order valence-corrected chi connectivity index (χ3v) is 7.47. The number of carboxylic acid groups (broad SMARTS) is 1. The van der Waals surface area contributed by atoms with Gasteiger partial charge in [-0.05, 0) is 38.0 Å². The standard InChI is InChI=1S/C13H21NO4S/c15-13(16)12-9-6-7-10(8-9)14(12)19(17,18)11-4-2-1-3-5-11/h9-12H,1-8H2,(H,15,16)/t9-,10+,12-/m0/s1. The molecule has 0 radical (unpaired) electrons. The lowest BCUT2D eigenvalue weighted by atomic mass is 10.0.